The molecule has 0 fully saturated rings. The van der Waals surface area contributed by atoms with Gasteiger partial charge >= 0.3 is 0 Å². The van der Waals surface area contributed by atoms with Crippen LogP contribution in [0.2, 0.25) is 0 Å². The van der Waals surface area contributed by atoms with Gasteiger partial charge in [-0.15, -0.1) is 0 Å². The SMILES string of the molecule is COC(C)Cn1cncc1-c1ccc(N)nc1. The van der Waals surface area contributed by atoms with Crippen molar-refractivity contribution in [2.45, 2.75) is 19.6 Å². The minimum Gasteiger partial charge on any atom is -0.384 e. The molecule has 0 radical (unpaired) electrons. The summed E-state index contributed by atoms with van der Waals surface area (Å²) in [6.07, 6.45) is 5.50. The predicted molar refractivity (Wildman–Crippen MR) is 66.3 cm³/mol. The van der Waals surface area contributed by atoms with E-state index in [4.69, 9.17) is 10.5 Å². The Kier molecular flexibility index (Phi) is 3.39. The van der Waals surface area contributed by atoms with Crippen LogP contribution in [-0.2, 0) is 11.3 Å². The fourth-order valence-corrected chi connectivity index (χ4v) is 1.61. The van der Waals surface area contributed by atoms with Gasteiger partial charge in [-0.1, -0.05) is 0 Å². The third kappa shape index (κ3) is 2.62. The number of hydrogen-bond acceptors (Lipinski definition) is 4. The number of imidazole rings is 1. The number of nitrogens with two attached hydrogens (primary N) is 1. The van der Waals surface area contributed by atoms with E-state index in [0.717, 1.165) is 17.8 Å². The van der Waals surface area contributed by atoms with E-state index in [1.807, 2.05) is 23.8 Å². The van der Waals surface area contributed by atoms with Crippen LogP contribution in [0.15, 0.2) is 30.9 Å². The van der Waals surface area contributed by atoms with Crippen molar-refractivity contribution in [3.63, 3.8) is 0 Å². The molecule has 5 nitrogen and oxygen atoms in total. The summed E-state index contributed by atoms with van der Waals surface area (Å²) in [5.74, 6) is 0.519. The van der Waals surface area contributed by atoms with Crippen LogP contribution in [0, 0.1) is 0 Å². The molecule has 0 saturated carbocycles. The molecule has 90 valence electrons. The van der Waals surface area contributed by atoms with Crippen LogP contribution in [-0.4, -0.2) is 27.7 Å². The second-order valence-electron chi connectivity index (χ2n) is 3.95. The maximum Gasteiger partial charge on any atom is 0.123 e. The van der Waals surface area contributed by atoms with E-state index < -0.39 is 0 Å². The number of aromatic nitrogens is 3. The van der Waals surface area contributed by atoms with Crippen molar-refractivity contribution < 1.29 is 4.74 Å². The smallest absolute Gasteiger partial charge is 0.123 e. The first-order chi connectivity index (χ1) is 8.20. The van der Waals surface area contributed by atoms with Crippen molar-refractivity contribution >= 4 is 5.82 Å². The maximum absolute atomic E-state index is 5.57. The molecule has 2 rings (SSSR count). The zero-order chi connectivity index (χ0) is 12.3. The molecule has 2 N–H and O–H groups in total. The van der Waals surface area contributed by atoms with Gasteiger partial charge in [-0.2, -0.15) is 0 Å². The van der Waals surface area contributed by atoms with E-state index in [1.54, 1.807) is 25.7 Å². The van der Waals surface area contributed by atoms with Gasteiger partial charge in [-0.3, -0.25) is 0 Å². The monoisotopic (exact) mass is 232 g/mol. The molecule has 17 heavy (non-hydrogen) atoms. The van der Waals surface area contributed by atoms with Gasteiger partial charge in [0.2, 0.25) is 0 Å². The first-order valence-corrected chi connectivity index (χ1v) is 5.45. The summed E-state index contributed by atoms with van der Waals surface area (Å²) in [6.45, 7) is 2.78. The van der Waals surface area contributed by atoms with E-state index in [0.29, 0.717) is 5.82 Å². The number of ether oxygens (including phenoxy) is 1. The predicted octanol–water partition coefficient (Wildman–Crippen LogP) is 1.56. The Balaban J connectivity index is 2.27. The lowest BCUT2D eigenvalue weighted by molar-refractivity contribution is 0.103. The van der Waals surface area contributed by atoms with Crippen LogP contribution in [0.5, 0.6) is 0 Å². The van der Waals surface area contributed by atoms with Crippen LogP contribution in [0.25, 0.3) is 11.3 Å². The minimum absolute atomic E-state index is 0.143. The van der Waals surface area contributed by atoms with E-state index in [-0.39, 0.29) is 6.10 Å². The van der Waals surface area contributed by atoms with Gasteiger partial charge in [-0.05, 0) is 19.1 Å². The standard InChI is InChI=1S/C12H16N4O/c1-9(17-2)7-16-8-14-6-11(16)10-3-4-12(13)15-5-10/h3-6,8-9H,7H2,1-2H3,(H2,13,15). The first-order valence-electron chi connectivity index (χ1n) is 5.45. The van der Waals surface area contributed by atoms with E-state index in [2.05, 4.69) is 9.97 Å². The first kappa shape index (κ1) is 11.6. The van der Waals surface area contributed by atoms with Gasteiger partial charge in [0.25, 0.3) is 0 Å². The highest BCUT2D eigenvalue weighted by Gasteiger charge is 2.08. The van der Waals surface area contributed by atoms with Gasteiger partial charge in [0.15, 0.2) is 0 Å². The second-order valence-corrected chi connectivity index (χ2v) is 3.95. The number of pyridine rings is 1. The lowest BCUT2D eigenvalue weighted by Gasteiger charge is -2.13. The number of nitrogen functional groups attached to an aromatic ring is 1. The number of methoxy groups -OCH3 is 1. The quantitative estimate of drug-likeness (QED) is 0.868. The summed E-state index contributed by atoms with van der Waals surface area (Å²) in [4.78, 5) is 8.24. The average molecular weight is 232 g/mol. The van der Waals surface area contributed by atoms with Gasteiger partial charge < -0.3 is 15.0 Å². The van der Waals surface area contributed by atoms with Gasteiger partial charge in [0.05, 0.1) is 30.9 Å². The molecule has 0 amide bonds. The van der Waals surface area contributed by atoms with Crippen LogP contribution in [0.4, 0.5) is 5.82 Å². The zero-order valence-electron chi connectivity index (χ0n) is 10.00. The fourth-order valence-electron chi connectivity index (χ4n) is 1.61. The molecule has 1 unspecified atom stereocenters. The van der Waals surface area contributed by atoms with Crippen molar-refractivity contribution in [3.05, 3.63) is 30.9 Å². The number of anilines is 1. The van der Waals surface area contributed by atoms with E-state index in [9.17, 15) is 0 Å². The average Bonchev–Trinajstić information content (AvgIpc) is 2.78. The molecule has 2 heterocycles. The number of hydrogen-bond donors (Lipinski definition) is 1. The third-order valence-corrected chi connectivity index (χ3v) is 2.65. The molecule has 0 aromatic carbocycles. The largest absolute Gasteiger partial charge is 0.384 e. The Hall–Kier alpha value is -1.88. The summed E-state index contributed by atoms with van der Waals surface area (Å²) in [6, 6.07) is 3.72. The minimum atomic E-state index is 0.143. The summed E-state index contributed by atoms with van der Waals surface area (Å²) in [7, 11) is 1.70. The molecule has 2 aromatic rings. The molecule has 0 aliphatic heterocycles. The Morgan fingerprint density at radius 2 is 2.24 bits per heavy atom. The van der Waals surface area contributed by atoms with Crippen molar-refractivity contribution in [1.29, 1.82) is 0 Å². The van der Waals surface area contributed by atoms with Crippen LogP contribution in [0.3, 0.4) is 0 Å². The zero-order valence-corrected chi connectivity index (χ0v) is 10.00. The van der Waals surface area contributed by atoms with Gasteiger partial charge in [0, 0.05) is 18.9 Å². The molecule has 0 saturated heterocycles. The van der Waals surface area contributed by atoms with Crippen molar-refractivity contribution in [2.24, 2.45) is 0 Å². The van der Waals surface area contributed by atoms with E-state index in [1.165, 1.54) is 0 Å². The third-order valence-electron chi connectivity index (χ3n) is 2.65. The Morgan fingerprint density at radius 3 is 2.88 bits per heavy atom. The summed E-state index contributed by atoms with van der Waals surface area (Å²) in [5.41, 5.74) is 7.58. The molecule has 1 atom stereocenters. The number of rotatable bonds is 4. The summed E-state index contributed by atoms with van der Waals surface area (Å²) >= 11 is 0. The maximum atomic E-state index is 5.57. The Morgan fingerprint density at radius 1 is 1.41 bits per heavy atom. The molecular weight excluding hydrogens is 216 g/mol. The second kappa shape index (κ2) is 4.97. The normalized spacial score (nSPS) is 12.6. The van der Waals surface area contributed by atoms with Gasteiger partial charge in [-0.25, -0.2) is 9.97 Å². The highest BCUT2D eigenvalue weighted by atomic mass is 16.5. The van der Waals surface area contributed by atoms with Crippen molar-refractivity contribution in [1.82, 2.24) is 14.5 Å². The lowest BCUT2D eigenvalue weighted by Crippen LogP contribution is -2.14. The summed E-state index contributed by atoms with van der Waals surface area (Å²) < 4.78 is 7.29. The Labute approximate surface area is 100 Å². The summed E-state index contributed by atoms with van der Waals surface area (Å²) in [5, 5.41) is 0. The van der Waals surface area contributed by atoms with Gasteiger partial charge in [0.1, 0.15) is 5.82 Å². The Bertz CT molecular complexity index is 478. The molecule has 2 aromatic heterocycles. The fraction of sp³-hybridized carbons (Fsp3) is 0.333. The molecule has 5 heteroatoms. The highest BCUT2D eigenvalue weighted by Crippen LogP contribution is 2.19. The highest BCUT2D eigenvalue weighted by molar-refractivity contribution is 5.59. The molecule has 0 aliphatic rings. The van der Waals surface area contributed by atoms with Crippen LogP contribution in [0.1, 0.15) is 6.92 Å². The topological polar surface area (TPSA) is 66.0 Å². The van der Waals surface area contributed by atoms with E-state index >= 15 is 0 Å². The van der Waals surface area contributed by atoms with Crippen LogP contribution < -0.4 is 5.73 Å². The molecular formula is C12H16N4O. The van der Waals surface area contributed by atoms with Crippen LogP contribution >= 0.6 is 0 Å². The number of nitrogens with zero attached hydrogens (tertiary/aromatic N) is 3. The lowest BCUT2D eigenvalue weighted by atomic mass is 10.2. The van der Waals surface area contributed by atoms with Crippen molar-refractivity contribution in [3.8, 4) is 11.3 Å². The molecule has 0 aliphatic carbocycles. The molecule has 0 spiro atoms. The molecule has 0 bridgehead atoms. The van der Waals surface area contributed by atoms with Crippen molar-refractivity contribution in [2.75, 3.05) is 12.8 Å².